The molecule has 37 heavy (non-hydrogen) atoms. The average Bonchev–Trinajstić information content (AvgIpc) is 2.98. The molecule has 0 fully saturated rings. The molecule has 1 aliphatic rings. The third-order valence-corrected chi connectivity index (χ3v) is 6.37. The fourth-order valence-electron chi connectivity index (χ4n) is 4.54. The number of benzene rings is 2. The van der Waals surface area contributed by atoms with Gasteiger partial charge in [-0.3, -0.25) is 14.4 Å². The quantitative estimate of drug-likeness (QED) is 0.433. The number of fused-ring (bicyclic) bond motifs is 1. The summed E-state index contributed by atoms with van der Waals surface area (Å²) in [6.07, 6.45) is -6.67. The van der Waals surface area contributed by atoms with Crippen molar-refractivity contribution < 1.29 is 27.6 Å². The van der Waals surface area contributed by atoms with Crippen LogP contribution in [0, 0.1) is 18.8 Å². The van der Waals surface area contributed by atoms with Crippen LogP contribution >= 0.6 is 0 Å². The first-order valence-electron chi connectivity index (χ1n) is 12.2. The van der Waals surface area contributed by atoms with E-state index >= 15 is 0 Å². The summed E-state index contributed by atoms with van der Waals surface area (Å²) < 4.78 is 38.4. The standard InChI is InChI=1S/C27H31F3N4O3/c1-3-9-18(23(31)35)19(14-8-15-27(28,29)30)25(36)34-24-26(37)33-21-16(2)10-7-13-20(21)22(32-24)17-11-5-4-6-12-17/h4-7,10-13,18-19,24H,3,8-9,14-15H2,1-2H3,(H2,31,35)(H,33,37)(H,34,36)/t18-,19+,24+/m0/s1. The second kappa shape index (κ2) is 12.0. The van der Waals surface area contributed by atoms with Crippen molar-refractivity contribution in [3.05, 3.63) is 65.2 Å². The number of halogens is 3. The van der Waals surface area contributed by atoms with Gasteiger partial charge in [0.05, 0.1) is 11.4 Å². The van der Waals surface area contributed by atoms with Gasteiger partial charge in [0.25, 0.3) is 5.91 Å². The Morgan fingerprint density at radius 3 is 2.41 bits per heavy atom. The molecule has 2 aromatic carbocycles. The molecule has 3 rings (SSSR count). The number of carbonyl (C=O) groups is 3. The van der Waals surface area contributed by atoms with E-state index in [1.54, 1.807) is 6.92 Å². The van der Waals surface area contributed by atoms with Crippen molar-refractivity contribution in [1.29, 1.82) is 0 Å². The monoisotopic (exact) mass is 516 g/mol. The number of carbonyl (C=O) groups excluding carboxylic acids is 3. The Labute approximate surface area is 213 Å². The van der Waals surface area contributed by atoms with E-state index in [-0.39, 0.29) is 19.3 Å². The minimum absolute atomic E-state index is 0.206. The van der Waals surface area contributed by atoms with Gasteiger partial charge in [-0.05, 0) is 31.7 Å². The first kappa shape index (κ1) is 27.9. The zero-order valence-electron chi connectivity index (χ0n) is 20.8. The van der Waals surface area contributed by atoms with Crippen LogP contribution in [0.3, 0.4) is 0 Å². The van der Waals surface area contributed by atoms with Gasteiger partial charge >= 0.3 is 6.18 Å². The van der Waals surface area contributed by atoms with Crippen LogP contribution in [0.15, 0.2) is 53.5 Å². The number of amides is 3. The average molecular weight is 517 g/mol. The number of rotatable bonds is 10. The lowest BCUT2D eigenvalue weighted by atomic mass is 9.83. The third-order valence-electron chi connectivity index (χ3n) is 6.37. The van der Waals surface area contributed by atoms with Gasteiger partial charge in [-0.25, -0.2) is 4.99 Å². The maximum atomic E-state index is 13.4. The fraction of sp³-hybridized carbons (Fsp3) is 0.407. The van der Waals surface area contributed by atoms with Gasteiger partial charge in [0.15, 0.2) is 0 Å². The number of aryl methyl sites for hydroxylation is 1. The van der Waals surface area contributed by atoms with Crippen LogP contribution in [-0.2, 0) is 14.4 Å². The van der Waals surface area contributed by atoms with Gasteiger partial charge in [-0.1, -0.05) is 61.9 Å². The lowest BCUT2D eigenvalue weighted by Gasteiger charge is -2.25. The van der Waals surface area contributed by atoms with Gasteiger partial charge in [-0.15, -0.1) is 0 Å². The Bertz CT molecular complexity index is 1170. The zero-order valence-corrected chi connectivity index (χ0v) is 20.8. The van der Waals surface area contributed by atoms with Crippen LogP contribution in [0.25, 0.3) is 0 Å². The number of alkyl halides is 3. The number of nitrogens with zero attached hydrogens (tertiary/aromatic N) is 1. The minimum Gasteiger partial charge on any atom is -0.369 e. The number of hydrogen-bond acceptors (Lipinski definition) is 4. The van der Waals surface area contributed by atoms with E-state index in [0.717, 1.165) is 5.56 Å². The normalized spacial score (nSPS) is 17.1. The van der Waals surface area contributed by atoms with Crippen molar-refractivity contribution in [1.82, 2.24) is 5.32 Å². The number of hydrogen-bond donors (Lipinski definition) is 3. The number of anilines is 1. The number of nitrogens with one attached hydrogen (secondary N) is 2. The van der Waals surface area contributed by atoms with Crippen LogP contribution in [-0.4, -0.2) is 35.8 Å². The zero-order chi connectivity index (χ0) is 27.2. The molecule has 2 aromatic rings. The van der Waals surface area contributed by atoms with E-state index in [4.69, 9.17) is 5.73 Å². The molecule has 1 aliphatic heterocycles. The molecule has 0 unspecified atom stereocenters. The van der Waals surface area contributed by atoms with Crippen LogP contribution < -0.4 is 16.4 Å². The maximum Gasteiger partial charge on any atom is 0.389 e. The molecule has 3 amide bonds. The number of benzodiazepines with no additional fused rings is 1. The van der Waals surface area contributed by atoms with Crippen molar-refractivity contribution >= 4 is 29.1 Å². The van der Waals surface area contributed by atoms with Crippen LogP contribution in [0.1, 0.15) is 55.7 Å². The molecule has 4 N–H and O–H groups in total. The summed E-state index contributed by atoms with van der Waals surface area (Å²) in [7, 11) is 0. The van der Waals surface area contributed by atoms with Gasteiger partial charge in [-0.2, -0.15) is 13.2 Å². The second-order valence-electron chi connectivity index (χ2n) is 9.15. The summed E-state index contributed by atoms with van der Waals surface area (Å²) in [5, 5.41) is 5.39. The maximum absolute atomic E-state index is 13.4. The smallest absolute Gasteiger partial charge is 0.369 e. The summed E-state index contributed by atoms with van der Waals surface area (Å²) in [6, 6.07) is 14.6. The number of nitrogens with two attached hydrogens (primary N) is 1. The SMILES string of the molecule is CCC[C@H](C(N)=O)[C@@H](CCCC(F)(F)F)C(=O)N[C@H]1N=C(c2ccccc2)c2cccc(C)c2NC1=O. The fourth-order valence-corrected chi connectivity index (χ4v) is 4.54. The van der Waals surface area contributed by atoms with Gasteiger partial charge in [0.2, 0.25) is 18.0 Å². The van der Waals surface area contributed by atoms with Crippen LogP contribution in [0.4, 0.5) is 18.9 Å². The van der Waals surface area contributed by atoms with E-state index in [1.807, 2.05) is 55.5 Å². The summed E-state index contributed by atoms with van der Waals surface area (Å²) in [5.74, 6) is -4.20. The molecule has 0 radical (unpaired) electrons. The molecule has 3 atom stereocenters. The highest BCUT2D eigenvalue weighted by atomic mass is 19.4. The molecule has 0 aromatic heterocycles. The topological polar surface area (TPSA) is 114 Å². The highest BCUT2D eigenvalue weighted by molar-refractivity contribution is 6.20. The lowest BCUT2D eigenvalue weighted by molar-refractivity contribution is -0.140. The number of primary amides is 1. The van der Waals surface area contributed by atoms with Crippen molar-refractivity contribution in [2.45, 2.75) is 58.3 Å². The Morgan fingerprint density at radius 1 is 1.08 bits per heavy atom. The van der Waals surface area contributed by atoms with Gasteiger partial charge in [0, 0.05) is 29.4 Å². The van der Waals surface area contributed by atoms with E-state index < -0.39 is 48.3 Å². The summed E-state index contributed by atoms with van der Waals surface area (Å²) in [6.45, 7) is 3.62. The summed E-state index contributed by atoms with van der Waals surface area (Å²) in [4.78, 5) is 43.3. The van der Waals surface area contributed by atoms with Crippen molar-refractivity contribution in [2.24, 2.45) is 22.6 Å². The number of para-hydroxylation sites is 1. The van der Waals surface area contributed by atoms with E-state index in [1.165, 1.54) is 0 Å². The third kappa shape index (κ3) is 7.18. The molecule has 0 saturated carbocycles. The molecular weight excluding hydrogens is 485 g/mol. The van der Waals surface area contributed by atoms with Crippen molar-refractivity contribution in [2.75, 3.05) is 5.32 Å². The molecule has 198 valence electrons. The summed E-state index contributed by atoms with van der Waals surface area (Å²) in [5.41, 5.74) is 8.72. The highest BCUT2D eigenvalue weighted by Crippen LogP contribution is 2.30. The molecule has 0 aliphatic carbocycles. The Balaban J connectivity index is 1.96. The summed E-state index contributed by atoms with van der Waals surface area (Å²) >= 11 is 0. The first-order chi connectivity index (χ1) is 17.5. The van der Waals surface area contributed by atoms with Crippen LogP contribution in [0.5, 0.6) is 0 Å². The second-order valence-corrected chi connectivity index (χ2v) is 9.15. The highest BCUT2D eigenvalue weighted by Gasteiger charge is 2.36. The van der Waals surface area contributed by atoms with Crippen molar-refractivity contribution in [3.63, 3.8) is 0 Å². The Morgan fingerprint density at radius 2 is 1.78 bits per heavy atom. The molecular formula is C27H31F3N4O3. The Kier molecular flexibility index (Phi) is 9.07. The lowest BCUT2D eigenvalue weighted by Crippen LogP contribution is -2.48. The molecule has 0 saturated heterocycles. The molecule has 7 nitrogen and oxygen atoms in total. The van der Waals surface area contributed by atoms with Gasteiger partial charge in [0.1, 0.15) is 0 Å². The largest absolute Gasteiger partial charge is 0.389 e. The van der Waals surface area contributed by atoms with E-state index in [0.29, 0.717) is 28.9 Å². The molecule has 0 bridgehead atoms. The first-order valence-corrected chi connectivity index (χ1v) is 12.2. The van der Waals surface area contributed by atoms with E-state index in [2.05, 4.69) is 15.6 Å². The minimum atomic E-state index is -4.40. The number of aliphatic imine (C=N–C) groups is 1. The van der Waals surface area contributed by atoms with Crippen LogP contribution in [0.2, 0.25) is 0 Å². The molecule has 1 heterocycles. The van der Waals surface area contributed by atoms with Crippen molar-refractivity contribution in [3.8, 4) is 0 Å². The van der Waals surface area contributed by atoms with Gasteiger partial charge < -0.3 is 16.4 Å². The Hall–Kier alpha value is -3.69. The van der Waals surface area contributed by atoms with E-state index in [9.17, 15) is 27.6 Å². The predicted octanol–water partition coefficient (Wildman–Crippen LogP) is 4.48. The molecule has 0 spiro atoms. The molecule has 10 heteroatoms. The predicted molar refractivity (Wildman–Crippen MR) is 135 cm³/mol.